The van der Waals surface area contributed by atoms with Crippen molar-refractivity contribution in [2.75, 3.05) is 38.6 Å². The smallest absolute Gasteiger partial charge is 0.466 e. The van der Waals surface area contributed by atoms with Gasteiger partial charge < -0.3 is 44.3 Å². The van der Waals surface area contributed by atoms with Crippen molar-refractivity contribution in [2.24, 2.45) is 0 Å². The molecule has 0 unspecified atom stereocenters. The highest BCUT2D eigenvalue weighted by Crippen LogP contribution is 2.30. The van der Waals surface area contributed by atoms with Crippen LogP contribution in [0.15, 0.2) is 18.2 Å². The van der Waals surface area contributed by atoms with Gasteiger partial charge in [0.1, 0.15) is 5.75 Å². The molecule has 190 valence electrons. The second-order valence-corrected chi connectivity index (χ2v) is 9.04. The van der Waals surface area contributed by atoms with Gasteiger partial charge in [-0.1, -0.05) is 13.8 Å². The molecule has 0 saturated carbocycles. The molecular weight excluding hydrogens is 476 g/mol. The summed E-state index contributed by atoms with van der Waals surface area (Å²) in [4.78, 5) is 50.3. The van der Waals surface area contributed by atoms with Gasteiger partial charge in [-0.15, -0.1) is 0 Å². The topological polar surface area (TPSA) is 193 Å². The van der Waals surface area contributed by atoms with E-state index in [9.17, 15) is 0 Å². The van der Waals surface area contributed by atoms with E-state index < -0.39 is 15.6 Å². The summed E-state index contributed by atoms with van der Waals surface area (Å²) in [6, 6.07) is 6.23. The number of fused-ring (bicyclic) bond motifs is 1. The number of benzene rings is 1. The SMILES string of the molecule is CCN(CC)CCCNc1cc(OC)cc2c(C)cc(C)nc12.O=P(O)(O)O.O=P(O)(O)O. The van der Waals surface area contributed by atoms with Crippen molar-refractivity contribution in [1.82, 2.24) is 9.88 Å². The van der Waals surface area contributed by atoms with Crippen LogP contribution in [0.25, 0.3) is 10.9 Å². The van der Waals surface area contributed by atoms with Crippen molar-refractivity contribution in [3.05, 3.63) is 29.5 Å². The predicted octanol–water partition coefficient (Wildman–Crippen LogP) is 2.15. The molecule has 0 radical (unpaired) electrons. The maximum absolute atomic E-state index is 8.88. The lowest BCUT2D eigenvalue weighted by atomic mass is 10.1. The Kier molecular flexibility index (Phi) is 13.9. The molecule has 0 aliphatic rings. The predicted molar refractivity (Wildman–Crippen MR) is 127 cm³/mol. The lowest BCUT2D eigenvalue weighted by Crippen LogP contribution is -2.25. The number of nitrogens with zero attached hydrogens (tertiary/aromatic N) is 2. The lowest BCUT2D eigenvalue weighted by Gasteiger charge is -2.18. The van der Waals surface area contributed by atoms with E-state index in [2.05, 4.69) is 43.1 Å². The third kappa shape index (κ3) is 15.8. The standard InChI is InChI=1S/C19H29N3O.2H3O4P/c1-6-22(7-2)10-8-9-20-18-13-16(23-5)12-17-14(3)11-15(4)21-19(17)18;2*1-5(2,3)4/h11-13,20H,6-10H2,1-5H3;2*(H3,1,2,3,4). The summed E-state index contributed by atoms with van der Waals surface area (Å²) < 4.78 is 23.2. The first kappa shape index (κ1) is 31.4. The zero-order chi connectivity index (χ0) is 25.8. The van der Waals surface area contributed by atoms with Gasteiger partial charge >= 0.3 is 15.6 Å². The molecule has 0 spiro atoms. The monoisotopic (exact) mass is 511 g/mol. The molecule has 14 heteroatoms. The number of methoxy groups -OCH3 is 1. The minimum Gasteiger partial charge on any atom is -0.497 e. The van der Waals surface area contributed by atoms with Gasteiger partial charge in [-0.3, -0.25) is 4.98 Å². The van der Waals surface area contributed by atoms with Crippen LogP contribution in [0.3, 0.4) is 0 Å². The quantitative estimate of drug-likeness (QED) is 0.202. The highest BCUT2D eigenvalue weighted by atomic mass is 31.2. The maximum Gasteiger partial charge on any atom is 0.466 e. The summed E-state index contributed by atoms with van der Waals surface area (Å²) in [5.41, 5.74) is 4.38. The van der Waals surface area contributed by atoms with Crippen molar-refractivity contribution in [3.63, 3.8) is 0 Å². The summed E-state index contributed by atoms with van der Waals surface area (Å²) in [5.74, 6) is 0.873. The molecule has 7 N–H and O–H groups in total. The Hall–Kier alpha value is -1.59. The third-order valence-electron chi connectivity index (χ3n) is 4.32. The Morgan fingerprint density at radius 3 is 1.94 bits per heavy atom. The Morgan fingerprint density at radius 2 is 1.48 bits per heavy atom. The van der Waals surface area contributed by atoms with Crippen LogP contribution in [0.4, 0.5) is 5.69 Å². The zero-order valence-corrected chi connectivity index (χ0v) is 21.3. The van der Waals surface area contributed by atoms with Crippen LogP contribution in [-0.2, 0) is 9.13 Å². The molecule has 1 aromatic carbocycles. The Labute approximate surface area is 193 Å². The first-order chi connectivity index (χ1) is 15.1. The fraction of sp³-hybridized carbons (Fsp3) is 0.526. The van der Waals surface area contributed by atoms with Crippen LogP contribution in [-0.4, -0.2) is 72.5 Å². The molecule has 12 nitrogen and oxygen atoms in total. The minimum atomic E-state index is -4.64. The first-order valence-corrected chi connectivity index (χ1v) is 13.2. The van der Waals surface area contributed by atoms with Crippen molar-refractivity contribution in [1.29, 1.82) is 0 Å². The summed E-state index contributed by atoms with van der Waals surface area (Å²) in [7, 11) is -7.57. The lowest BCUT2D eigenvalue weighted by molar-refractivity contribution is 0.272. The van der Waals surface area contributed by atoms with Gasteiger partial charge in [0.25, 0.3) is 0 Å². The minimum absolute atomic E-state index is 0.873. The highest BCUT2D eigenvalue weighted by molar-refractivity contribution is 7.45. The van der Waals surface area contributed by atoms with Gasteiger partial charge in [0.2, 0.25) is 0 Å². The molecule has 1 heterocycles. The summed E-state index contributed by atoms with van der Waals surface area (Å²) in [6.07, 6.45) is 1.12. The van der Waals surface area contributed by atoms with Crippen molar-refractivity contribution in [3.8, 4) is 5.75 Å². The number of ether oxygens (including phenoxy) is 1. The number of rotatable bonds is 8. The van der Waals surface area contributed by atoms with Crippen molar-refractivity contribution >= 4 is 32.2 Å². The van der Waals surface area contributed by atoms with Crippen LogP contribution in [0.2, 0.25) is 0 Å². The second kappa shape index (κ2) is 14.6. The average Bonchev–Trinajstić information content (AvgIpc) is 2.65. The molecule has 0 atom stereocenters. The summed E-state index contributed by atoms with van der Waals surface area (Å²) in [6.45, 7) is 12.9. The fourth-order valence-electron chi connectivity index (χ4n) is 2.95. The van der Waals surface area contributed by atoms with Gasteiger partial charge in [0, 0.05) is 23.7 Å². The van der Waals surface area contributed by atoms with Crippen LogP contribution < -0.4 is 10.1 Å². The van der Waals surface area contributed by atoms with Crippen molar-refractivity contribution in [2.45, 2.75) is 34.1 Å². The molecule has 2 rings (SSSR count). The number of hydrogen-bond donors (Lipinski definition) is 7. The number of pyridine rings is 1. The molecular formula is C19H35N3O9P2. The van der Waals surface area contributed by atoms with Gasteiger partial charge in [-0.05, 0) is 57.6 Å². The Bertz CT molecular complexity index is 923. The average molecular weight is 511 g/mol. The Morgan fingerprint density at radius 1 is 0.970 bits per heavy atom. The van der Waals surface area contributed by atoms with Gasteiger partial charge in [-0.25, -0.2) is 9.13 Å². The molecule has 0 aliphatic heterocycles. The number of aromatic nitrogens is 1. The maximum atomic E-state index is 8.88. The fourth-order valence-corrected chi connectivity index (χ4v) is 2.95. The molecule has 0 fully saturated rings. The number of nitrogens with one attached hydrogen (secondary N) is 1. The molecule has 0 saturated heterocycles. The van der Waals surface area contributed by atoms with E-state index in [0.717, 1.165) is 60.6 Å². The summed E-state index contributed by atoms with van der Waals surface area (Å²) in [5, 5.41) is 4.71. The number of hydrogen-bond acceptors (Lipinski definition) is 6. The third-order valence-corrected chi connectivity index (χ3v) is 4.32. The molecule has 0 aliphatic carbocycles. The normalized spacial score (nSPS) is 11.4. The van der Waals surface area contributed by atoms with E-state index in [1.807, 2.05) is 13.0 Å². The molecule has 0 amide bonds. The second-order valence-electron chi connectivity index (χ2n) is 6.99. The van der Waals surface area contributed by atoms with E-state index in [4.69, 9.17) is 48.2 Å². The largest absolute Gasteiger partial charge is 0.497 e. The number of phosphoric acid groups is 2. The number of aryl methyl sites for hydroxylation is 2. The Balaban J connectivity index is 0.000000859. The molecule has 1 aromatic heterocycles. The van der Waals surface area contributed by atoms with E-state index in [1.165, 1.54) is 5.56 Å². The van der Waals surface area contributed by atoms with Crippen LogP contribution >= 0.6 is 15.6 Å². The number of anilines is 1. The van der Waals surface area contributed by atoms with Crippen LogP contribution in [0, 0.1) is 13.8 Å². The van der Waals surface area contributed by atoms with Gasteiger partial charge in [0.15, 0.2) is 0 Å². The van der Waals surface area contributed by atoms with E-state index in [-0.39, 0.29) is 0 Å². The molecule has 2 aromatic rings. The van der Waals surface area contributed by atoms with Gasteiger partial charge in [-0.2, -0.15) is 0 Å². The van der Waals surface area contributed by atoms with E-state index in [1.54, 1.807) is 7.11 Å². The van der Waals surface area contributed by atoms with Gasteiger partial charge in [0.05, 0.1) is 18.3 Å². The van der Waals surface area contributed by atoms with Crippen LogP contribution in [0.5, 0.6) is 5.75 Å². The first-order valence-electron chi connectivity index (χ1n) is 10.1. The zero-order valence-electron chi connectivity index (χ0n) is 19.5. The van der Waals surface area contributed by atoms with Crippen molar-refractivity contribution < 1.29 is 43.2 Å². The highest BCUT2D eigenvalue weighted by Gasteiger charge is 2.09. The summed E-state index contributed by atoms with van der Waals surface area (Å²) >= 11 is 0. The van der Waals surface area contributed by atoms with E-state index >= 15 is 0 Å². The molecule has 33 heavy (non-hydrogen) atoms. The van der Waals surface area contributed by atoms with E-state index in [0.29, 0.717) is 0 Å². The molecule has 0 bridgehead atoms. The van der Waals surface area contributed by atoms with Crippen LogP contribution in [0.1, 0.15) is 31.5 Å².